The molecular weight excluding hydrogens is 178 g/mol. The molecule has 72 valence electrons. The van der Waals surface area contributed by atoms with Crippen molar-refractivity contribution >= 4 is 22.6 Å². The van der Waals surface area contributed by atoms with E-state index in [1.807, 2.05) is 14.0 Å². The number of H-pyrrole nitrogens is 1. The lowest BCUT2D eigenvalue weighted by Crippen LogP contribution is -1.99. The number of aromatic amines is 1. The molecule has 0 spiro atoms. The van der Waals surface area contributed by atoms with Gasteiger partial charge < -0.3 is 10.3 Å². The average molecular weight is 189 g/mol. The summed E-state index contributed by atoms with van der Waals surface area (Å²) in [7, 11) is 1.81. The lowest BCUT2D eigenvalue weighted by molar-refractivity contribution is 1.14. The summed E-state index contributed by atoms with van der Waals surface area (Å²) >= 11 is 0. The zero-order chi connectivity index (χ0) is 10.1. The van der Waals surface area contributed by atoms with Crippen molar-refractivity contribution in [1.29, 1.82) is 0 Å². The van der Waals surface area contributed by atoms with Crippen LogP contribution in [0.3, 0.4) is 0 Å². The van der Waals surface area contributed by atoms with E-state index in [2.05, 4.69) is 31.8 Å². The fraction of sp³-hybridized carbons (Fsp3) is 0.222. The van der Waals surface area contributed by atoms with E-state index in [1.54, 1.807) is 6.33 Å². The van der Waals surface area contributed by atoms with Crippen molar-refractivity contribution in [1.82, 2.24) is 19.9 Å². The van der Waals surface area contributed by atoms with E-state index in [0.29, 0.717) is 11.5 Å². The standard InChI is InChI=1S/C9H11N5/c1-5(2)7-13-8(10-3)6-9(14-7)12-4-11-6/h4H,1H2,2-3H3,(H2,10,11,12,13,14). The van der Waals surface area contributed by atoms with Gasteiger partial charge in [-0.3, -0.25) is 0 Å². The molecule has 2 aromatic heterocycles. The van der Waals surface area contributed by atoms with Crippen molar-refractivity contribution in [2.45, 2.75) is 6.92 Å². The van der Waals surface area contributed by atoms with Gasteiger partial charge in [-0.1, -0.05) is 6.58 Å². The Hall–Kier alpha value is -1.91. The topological polar surface area (TPSA) is 66.5 Å². The first-order valence-corrected chi connectivity index (χ1v) is 4.27. The first-order valence-electron chi connectivity index (χ1n) is 4.27. The molecule has 14 heavy (non-hydrogen) atoms. The fourth-order valence-electron chi connectivity index (χ4n) is 1.20. The van der Waals surface area contributed by atoms with Gasteiger partial charge in [-0.25, -0.2) is 15.0 Å². The molecule has 0 bridgehead atoms. The van der Waals surface area contributed by atoms with Crippen molar-refractivity contribution in [2.75, 3.05) is 12.4 Å². The van der Waals surface area contributed by atoms with E-state index in [-0.39, 0.29) is 0 Å². The maximum absolute atomic E-state index is 4.30. The molecule has 2 aromatic rings. The number of anilines is 1. The van der Waals surface area contributed by atoms with Gasteiger partial charge in [0.2, 0.25) is 0 Å². The van der Waals surface area contributed by atoms with Gasteiger partial charge in [0.15, 0.2) is 17.3 Å². The van der Waals surface area contributed by atoms with Gasteiger partial charge in [-0.2, -0.15) is 0 Å². The summed E-state index contributed by atoms with van der Waals surface area (Å²) in [6.45, 7) is 5.67. The number of hydrogen-bond donors (Lipinski definition) is 2. The Balaban J connectivity index is 2.73. The molecule has 5 nitrogen and oxygen atoms in total. The lowest BCUT2D eigenvalue weighted by atomic mass is 10.3. The van der Waals surface area contributed by atoms with Crippen LogP contribution in [0.5, 0.6) is 0 Å². The highest BCUT2D eigenvalue weighted by molar-refractivity contribution is 5.83. The highest BCUT2D eigenvalue weighted by Gasteiger charge is 2.08. The Morgan fingerprint density at radius 1 is 1.50 bits per heavy atom. The molecule has 0 aromatic carbocycles. The zero-order valence-electron chi connectivity index (χ0n) is 8.13. The molecule has 5 heteroatoms. The van der Waals surface area contributed by atoms with Crippen molar-refractivity contribution in [3.63, 3.8) is 0 Å². The second-order valence-corrected chi connectivity index (χ2v) is 3.03. The number of rotatable bonds is 2. The molecule has 0 fully saturated rings. The van der Waals surface area contributed by atoms with Crippen molar-refractivity contribution in [3.8, 4) is 0 Å². The largest absolute Gasteiger partial charge is 0.371 e. The Morgan fingerprint density at radius 3 is 2.93 bits per heavy atom. The molecule has 0 aliphatic rings. The Kier molecular flexibility index (Phi) is 1.92. The maximum Gasteiger partial charge on any atom is 0.183 e. The second kappa shape index (κ2) is 3.10. The van der Waals surface area contributed by atoms with E-state index in [1.165, 1.54) is 0 Å². The molecule has 0 atom stereocenters. The number of nitrogens with zero attached hydrogens (tertiary/aromatic N) is 3. The van der Waals surface area contributed by atoms with Crippen LogP contribution in [0.15, 0.2) is 12.9 Å². The smallest absolute Gasteiger partial charge is 0.183 e. The van der Waals surface area contributed by atoms with Crippen molar-refractivity contribution in [2.24, 2.45) is 0 Å². The Bertz CT molecular complexity index is 485. The summed E-state index contributed by atoms with van der Waals surface area (Å²) in [5, 5.41) is 2.99. The minimum Gasteiger partial charge on any atom is -0.371 e. The minimum atomic E-state index is 0.619. The van der Waals surface area contributed by atoms with E-state index in [9.17, 15) is 0 Å². The quantitative estimate of drug-likeness (QED) is 0.750. The number of fused-ring (bicyclic) bond motifs is 1. The first kappa shape index (κ1) is 8.68. The van der Waals surface area contributed by atoms with Gasteiger partial charge in [-0.05, 0) is 12.5 Å². The zero-order valence-corrected chi connectivity index (χ0v) is 8.13. The van der Waals surface area contributed by atoms with E-state index in [0.717, 1.165) is 16.9 Å². The maximum atomic E-state index is 4.30. The predicted molar refractivity (Wildman–Crippen MR) is 55.9 cm³/mol. The molecule has 0 saturated heterocycles. The van der Waals surface area contributed by atoms with Gasteiger partial charge in [-0.15, -0.1) is 0 Å². The fourth-order valence-corrected chi connectivity index (χ4v) is 1.20. The SMILES string of the molecule is C=C(C)c1nc(NC)c2[nH]cnc2n1. The van der Waals surface area contributed by atoms with Gasteiger partial charge in [0.05, 0.1) is 6.33 Å². The van der Waals surface area contributed by atoms with Crippen LogP contribution in [0.25, 0.3) is 16.7 Å². The number of aromatic nitrogens is 4. The highest BCUT2D eigenvalue weighted by Crippen LogP contribution is 2.18. The lowest BCUT2D eigenvalue weighted by Gasteiger charge is -2.03. The van der Waals surface area contributed by atoms with Crippen LogP contribution in [0.2, 0.25) is 0 Å². The molecule has 0 saturated carbocycles. The number of imidazole rings is 1. The van der Waals surface area contributed by atoms with Crippen LogP contribution in [0.4, 0.5) is 5.82 Å². The highest BCUT2D eigenvalue weighted by atomic mass is 15.1. The second-order valence-electron chi connectivity index (χ2n) is 3.03. The van der Waals surface area contributed by atoms with Crippen molar-refractivity contribution in [3.05, 3.63) is 18.7 Å². The van der Waals surface area contributed by atoms with E-state index >= 15 is 0 Å². The van der Waals surface area contributed by atoms with Crippen LogP contribution in [-0.4, -0.2) is 27.0 Å². The first-order chi connectivity index (χ1) is 6.72. The molecule has 0 aliphatic heterocycles. The minimum absolute atomic E-state index is 0.619. The summed E-state index contributed by atoms with van der Waals surface area (Å²) in [6.07, 6.45) is 1.60. The van der Waals surface area contributed by atoms with Crippen molar-refractivity contribution < 1.29 is 0 Å². The molecule has 2 N–H and O–H groups in total. The molecule has 0 unspecified atom stereocenters. The molecule has 2 rings (SSSR count). The molecule has 2 heterocycles. The normalized spacial score (nSPS) is 10.4. The van der Waals surface area contributed by atoms with Crippen LogP contribution in [0.1, 0.15) is 12.7 Å². The van der Waals surface area contributed by atoms with E-state index in [4.69, 9.17) is 0 Å². The van der Waals surface area contributed by atoms with Gasteiger partial charge in [0.1, 0.15) is 5.52 Å². The number of hydrogen-bond acceptors (Lipinski definition) is 4. The third kappa shape index (κ3) is 1.22. The molecule has 0 amide bonds. The Labute approximate surface area is 81.3 Å². The molecular formula is C9H11N5. The summed E-state index contributed by atoms with van der Waals surface area (Å²) in [5.74, 6) is 1.36. The number of allylic oxidation sites excluding steroid dienone is 1. The molecule has 0 aliphatic carbocycles. The predicted octanol–water partition coefficient (Wildman–Crippen LogP) is 1.43. The summed E-state index contributed by atoms with van der Waals surface area (Å²) in [4.78, 5) is 15.6. The van der Waals surface area contributed by atoms with E-state index < -0.39 is 0 Å². The summed E-state index contributed by atoms with van der Waals surface area (Å²) in [5.41, 5.74) is 2.30. The summed E-state index contributed by atoms with van der Waals surface area (Å²) in [6, 6.07) is 0. The van der Waals surface area contributed by atoms with Crippen LogP contribution >= 0.6 is 0 Å². The third-order valence-corrected chi connectivity index (χ3v) is 1.90. The van der Waals surface area contributed by atoms with Crippen LogP contribution in [0, 0.1) is 0 Å². The van der Waals surface area contributed by atoms with Gasteiger partial charge >= 0.3 is 0 Å². The van der Waals surface area contributed by atoms with Crippen LogP contribution in [-0.2, 0) is 0 Å². The van der Waals surface area contributed by atoms with Crippen LogP contribution < -0.4 is 5.32 Å². The monoisotopic (exact) mass is 189 g/mol. The summed E-state index contributed by atoms with van der Waals surface area (Å²) < 4.78 is 0. The molecule has 0 radical (unpaired) electrons. The van der Waals surface area contributed by atoms with Gasteiger partial charge in [0, 0.05) is 7.05 Å². The van der Waals surface area contributed by atoms with Gasteiger partial charge in [0.25, 0.3) is 0 Å². The number of nitrogens with one attached hydrogen (secondary N) is 2. The average Bonchev–Trinajstić information content (AvgIpc) is 2.63. The third-order valence-electron chi connectivity index (χ3n) is 1.90. The Morgan fingerprint density at radius 2 is 2.29 bits per heavy atom.